The van der Waals surface area contributed by atoms with Crippen LogP contribution in [-0.4, -0.2) is 0 Å². The van der Waals surface area contributed by atoms with Crippen LogP contribution >= 0.6 is 0 Å². The summed E-state index contributed by atoms with van der Waals surface area (Å²) in [5, 5.41) is 7.14. The molecule has 194 valence electrons. The van der Waals surface area contributed by atoms with E-state index in [2.05, 4.69) is 145 Å². The van der Waals surface area contributed by atoms with Crippen LogP contribution in [0.25, 0.3) is 54.6 Å². The fraction of sp³-hybridized carbons (Fsp3) is 0.0256. The Morgan fingerprint density at radius 2 is 1.12 bits per heavy atom. The summed E-state index contributed by atoms with van der Waals surface area (Å²) < 4.78 is 6.35. The molecule has 41 heavy (non-hydrogen) atoms. The Kier molecular flexibility index (Phi) is 5.39. The summed E-state index contributed by atoms with van der Waals surface area (Å²) in [6, 6.07) is 52.0. The van der Waals surface area contributed by atoms with Gasteiger partial charge < -0.3 is 9.32 Å². The zero-order valence-electron chi connectivity index (χ0n) is 22.7. The average molecular weight is 526 g/mol. The van der Waals surface area contributed by atoms with Crippen LogP contribution < -0.4 is 4.90 Å². The molecule has 1 aromatic heterocycles. The molecule has 0 spiro atoms. The summed E-state index contributed by atoms with van der Waals surface area (Å²) in [6.07, 6.45) is 0. The number of para-hydroxylation sites is 2. The first-order chi connectivity index (χ1) is 20.3. The van der Waals surface area contributed by atoms with Gasteiger partial charge in [-0.25, -0.2) is 0 Å². The van der Waals surface area contributed by atoms with Gasteiger partial charge in [-0.15, -0.1) is 0 Å². The van der Waals surface area contributed by atoms with Gasteiger partial charge in [0.05, 0.1) is 16.8 Å². The minimum Gasteiger partial charge on any atom is -0.456 e. The molecule has 8 aromatic rings. The topological polar surface area (TPSA) is 16.4 Å². The molecule has 0 atom stereocenters. The summed E-state index contributed by atoms with van der Waals surface area (Å²) in [7, 11) is 0. The summed E-state index contributed by atoms with van der Waals surface area (Å²) in [5.41, 5.74) is 8.76. The van der Waals surface area contributed by atoms with Crippen molar-refractivity contribution in [2.24, 2.45) is 0 Å². The molecule has 0 fully saturated rings. The molecule has 1 heterocycles. The number of aryl methyl sites for hydroxylation is 1. The molecule has 8 rings (SSSR count). The number of benzene rings is 7. The number of fused-ring (bicyclic) bond motifs is 5. The minimum absolute atomic E-state index is 0.885. The molecule has 0 unspecified atom stereocenters. The van der Waals surface area contributed by atoms with E-state index in [0.29, 0.717) is 0 Å². The van der Waals surface area contributed by atoms with Crippen LogP contribution in [0.3, 0.4) is 0 Å². The van der Waals surface area contributed by atoms with Crippen LogP contribution in [0.4, 0.5) is 17.1 Å². The third-order valence-electron chi connectivity index (χ3n) is 8.16. The van der Waals surface area contributed by atoms with Crippen LogP contribution in [0.5, 0.6) is 0 Å². The first-order valence-corrected chi connectivity index (χ1v) is 14.0. The molecular weight excluding hydrogens is 498 g/mol. The number of furan rings is 1. The lowest BCUT2D eigenvalue weighted by Gasteiger charge is -2.30. The van der Waals surface area contributed by atoms with E-state index in [1.807, 2.05) is 12.1 Å². The second-order valence-electron chi connectivity index (χ2n) is 10.6. The van der Waals surface area contributed by atoms with Crippen LogP contribution in [0, 0.1) is 6.92 Å². The highest BCUT2D eigenvalue weighted by molar-refractivity contribution is 6.15. The highest BCUT2D eigenvalue weighted by Crippen LogP contribution is 2.48. The van der Waals surface area contributed by atoms with Gasteiger partial charge in [0, 0.05) is 16.6 Å². The van der Waals surface area contributed by atoms with E-state index < -0.39 is 0 Å². The maximum Gasteiger partial charge on any atom is 0.137 e. The van der Waals surface area contributed by atoms with Gasteiger partial charge in [0.1, 0.15) is 11.2 Å². The summed E-state index contributed by atoms with van der Waals surface area (Å²) in [5.74, 6) is 0. The van der Waals surface area contributed by atoms with Gasteiger partial charge in [0.25, 0.3) is 0 Å². The maximum atomic E-state index is 6.35. The Morgan fingerprint density at radius 1 is 0.463 bits per heavy atom. The van der Waals surface area contributed by atoms with E-state index in [0.717, 1.165) is 39.0 Å². The summed E-state index contributed by atoms with van der Waals surface area (Å²) in [6.45, 7) is 2.19. The molecule has 0 saturated carbocycles. The van der Waals surface area contributed by atoms with E-state index in [-0.39, 0.29) is 0 Å². The molecule has 2 heteroatoms. The second-order valence-corrected chi connectivity index (χ2v) is 10.6. The number of hydrogen-bond acceptors (Lipinski definition) is 2. The van der Waals surface area contributed by atoms with Crippen LogP contribution in [0.2, 0.25) is 0 Å². The van der Waals surface area contributed by atoms with Crippen molar-refractivity contribution in [2.45, 2.75) is 6.92 Å². The van der Waals surface area contributed by atoms with Crippen molar-refractivity contribution in [1.29, 1.82) is 0 Å². The molecular formula is C39H27NO. The molecule has 0 saturated heterocycles. The standard InChI is InChI=1S/C39H27NO/c1-26-11-2-8-17-33(26)40(34-18-10-20-37-39(34)32-16-7-9-19-36(32)41-37)35-24-23-28-13-5-6-15-31(28)38(35)30-22-21-27-12-3-4-14-29(27)25-30/h2-25H,1H3. The monoisotopic (exact) mass is 525 g/mol. The van der Waals surface area contributed by atoms with Crippen molar-refractivity contribution in [2.75, 3.05) is 4.90 Å². The van der Waals surface area contributed by atoms with Gasteiger partial charge in [-0.3, -0.25) is 0 Å². The molecule has 0 N–H and O–H groups in total. The van der Waals surface area contributed by atoms with Crippen molar-refractivity contribution >= 4 is 60.5 Å². The summed E-state index contributed by atoms with van der Waals surface area (Å²) >= 11 is 0. The lowest BCUT2D eigenvalue weighted by molar-refractivity contribution is 0.669. The van der Waals surface area contributed by atoms with Crippen molar-refractivity contribution < 1.29 is 4.42 Å². The molecule has 2 nitrogen and oxygen atoms in total. The van der Waals surface area contributed by atoms with Gasteiger partial charge >= 0.3 is 0 Å². The van der Waals surface area contributed by atoms with Crippen molar-refractivity contribution in [3.63, 3.8) is 0 Å². The fourth-order valence-corrected chi connectivity index (χ4v) is 6.24. The molecule has 0 radical (unpaired) electrons. The number of nitrogens with zero attached hydrogens (tertiary/aromatic N) is 1. The smallest absolute Gasteiger partial charge is 0.137 e. The van der Waals surface area contributed by atoms with E-state index in [1.165, 1.54) is 38.2 Å². The Morgan fingerprint density at radius 3 is 2.00 bits per heavy atom. The Labute approximate surface area is 238 Å². The van der Waals surface area contributed by atoms with E-state index in [1.54, 1.807) is 0 Å². The number of anilines is 3. The predicted molar refractivity (Wildman–Crippen MR) is 174 cm³/mol. The van der Waals surface area contributed by atoms with Crippen molar-refractivity contribution in [3.8, 4) is 11.1 Å². The first-order valence-electron chi connectivity index (χ1n) is 14.0. The van der Waals surface area contributed by atoms with Gasteiger partial charge in [-0.2, -0.15) is 0 Å². The molecule has 0 aliphatic heterocycles. The Balaban J connectivity index is 1.51. The molecule has 0 aliphatic carbocycles. The SMILES string of the molecule is Cc1ccccc1N(c1ccc2ccccc2c1-c1ccc2ccccc2c1)c1cccc2oc3ccccc3c12. The van der Waals surface area contributed by atoms with Gasteiger partial charge in [0.2, 0.25) is 0 Å². The third-order valence-corrected chi connectivity index (χ3v) is 8.16. The number of rotatable bonds is 4. The van der Waals surface area contributed by atoms with Gasteiger partial charge in [-0.05, 0) is 76.0 Å². The third kappa shape index (κ3) is 3.80. The Hall–Kier alpha value is -5.34. The molecule has 0 amide bonds. The van der Waals surface area contributed by atoms with E-state index in [9.17, 15) is 0 Å². The Bertz CT molecular complexity index is 2240. The second kappa shape index (κ2) is 9.39. The van der Waals surface area contributed by atoms with Crippen LogP contribution in [0.1, 0.15) is 5.56 Å². The molecule has 0 aliphatic rings. The quantitative estimate of drug-likeness (QED) is 0.227. The van der Waals surface area contributed by atoms with Gasteiger partial charge in [0.15, 0.2) is 0 Å². The first kappa shape index (κ1) is 23.5. The molecule has 0 bridgehead atoms. The zero-order valence-corrected chi connectivity index (χ0v) is 22.7. The maximum absolute atomic E-state index is 6.35. The lowest BCUT2D eigenvalue weighted by Crippen LogP contribution is -2.13. The fourth-order valence-electron chi connectivity index (χ4n) is 6.24. The van der Waals surface area contributed by atoms with Crippen LogP contribution in [0.15, 0.2) is 150 Å². The van der Waals surface area contributed by atoms with Gasteiger partial charge in [-0.1, -0.05) is 109 Å². The predicted octanol–water partition coefficient (Wildman–Crippen LogP) is 11.3. The van der Waals surface area contributed by atoms with E-state index >= 15 is 0 Å². The normalized spacial score (nSPS) is 11.5. The van der Waals surface area contributed by atoms with Crippen molar-refractivity contribution in [1.82, 2.24) is 0 Å². The van der Waals surface area contributed by atoms with E-state index in [4.69, 9.17) is 4.42 Å². The lowest BCUT2D eigenvalue weighted by atomic mass is 9.93. The highest BCUT2D eigenvalue weighted by atomic mass is 16.3. The summed E-state index contributed by atoms with van der Waals surface area (Å²) in [4.78, 5) is 2.43. The highest BCUT2D eigenvalue weighted by Gasteiger charge is 2.24. The van der Waals surface area contributed by atoms with Crippen molar-refractivity contribution in [3.05, 3.63) is 151 Å². The average Bonchev–Trinajstić information content (AvgIpc) is 3.41. The molecule has 7 aromatic carbocycles. The minimum atomic E-state index is 0.885. The largest absolute Gasteiger partial charge is 0.456 e. The zero-order chi connectivity index (χ0) is 27.3. The van der Waals surface area contributed by atoms with Crippen LogP contribution in [-0.2, 0) is 0 Å². The number of hydrogen-bond donors (Lipinski definition) is 0.